The van der Waals surface area contributed by atoms with Gasteiger partial charge in [-0.15, -0.1) is 0 Å². The van der Waals surface area contributed by atoms with Crippen molar-refractivity contribution in [3.63, 3.8) is 0 Å². The van der Waals surface area contributed by atoms with Crippen molar-refractivity contribution in [1.82, 2.24) is 5.43 Å². The van der Waals surface area contributed by atoms with Crippen LogP contribution in [0.2, 0.25) is 0 Å². The number of carbonyl (C=O) groups excluding carboxylic acids is 1. The normalized spacial score (nSPS) is 9.79. The number of urea groups is 1. The van der Waals surface area contributed by atoms with Crippen LogP contribution in [0.25, 0.3) is 0 Å². The van der Waals surface area contributed by atoms with Crippen LogP contribution >= 0.6 is 0 Å². The molecule has 0 aliphatic rings. The van der Waals surface area contributed by atoms with Crippen LogP contribution in [-0.2, 0) is 0 Å². The van der Waals surface area contributed by atoms with Crippen molar-refractivity contribution < 1.29 is 9.18 Å². The monoisotopic (exact) mass is 259 g/mol. The van der Waals surface area contributed by atoms with Gasteiger partial charge in [0.1, 0.15) is 5.82 Å². The van der Waals surface area contributed by atoms with E-state index in [0.29, 0.717) is 11.4 Å². The molecule has 2 aromatic carbocycles. The molecule has 2 rings (SSSR count). The van der Waals surface area contributed by atoms with E-state index in [2.05, 4.69) is 16.2 Å². The lowest BCUT2D eigenvalue weighted by molar-refractivity contribution is 0.254. The van der Waals surface area contributed by atoms with Crippen LogP contribution in [0.4, 0.5) is 20.6 Å². The Morgan fingerprint density at radius 2 is 1.79 bits per heavy atom. The fourth-order valence-electron chi connectivity index (χ4n) is 1.55. The third-order valence-electron chi connectivity index (χ3n) is 2.44. The highest BCUT2D eigenvalue weighted by atomic mass is 19.1. The quantitative estimate of drug-likeness (QED) is 0.741. The first-order chi connectivity index (χ1) is 9.13. The predicted molar refractivity (Wildman–Crippen MR) is 73.4 cm³/mol. The summed E-state index contributed by atoms with van der Waals surface area (Å²) in [5, 5.41) is 2.68. The molecule has 0 bridgehead atoms. The van der Waals surface area contributed by atoms with Crippen molar-refractivity contribution in [2.24, 2.45) is 0 Å². The van der Waals surface area contributed by atoms with Crippen LogP contribution < -0.4 is 16.2 Å². The molecule has 19 heavy (non-hydrogen) atoms. The maximum absolute atomic E-state index is 12.7. The second kappa shape index (κ2) is 5.86. The molecular weight excluding hydrogens is 245 g/mol. The minimum Gasteiger partial charge on any atom is -0.307 e. The molecule has 5 heteroatoms. The second-order valence-electron chi connectivity index (χ2n) is 4.08. The Bertz CT molecular complexity index is 569. The molecule has 2 amide bonds. The van der Waals surface area contributed by atoms with Crippen LogP contribution in [-0.4, -0.2) is 6.03 Å². The summed E-state index contributed by atoms with van der Waals surface area (Å²) in [6, 6.07) is 12.7. The van der Waals surface area contributed by atoms with Gasteiger partial charge >= 0.3 is 6.03 Å². The van der Waals surface area contributed by atoms with E-state index in [4.69, 9.17) is 0 Å². The first kappa shape index (κ1) is 12.9. The number of halogens is 1. The van der Waals surface area contributed by atoms with Gasteiger partial charge in [0.25, 0.3) is 0 Å². The third kappa shape index (κ3) is 3.99. The highest BCUT2D eigenvalue weighted by Crippen LogP contribution is 2.09. The van der Waals surface area contributed by atoms with Gasteiger partial charge in [0.15, 0.2) is 0 Å². The van der Waals surface area contributed by atoms with Gasteiger partial charge in [-0.05, 0) is 48.9 Å². The molecule has 0 radical (unpaired) electrons. The summed E-state index contributed by atoms with van der Waals surface area (Å²) in [5.74, 6) is -0.324. The number of nitrogens with one attached hydrogen (secondary N) is 3. The lowest BCUT2D eigenvalue weighted by Crippen LogP contribution is -2.33. The highest BCUT2D eigenvalue weighted by molar-refractivity contribution is 5.90. The van der Waals surface area contributed by atoms with Gasteiger partial charge in [0.2, 0.25) is 0 Å². The molecule has 0 atom stereocenters. The summed E-state index contributed by atoms with van der Waals surface area (Å²) in [4.78, 5) is 11.6. The Hall–Kier alpha value is -2.56. The number of amides is 2. The van der Waals surface area contributed by atoms with E-state index in [-0.39, 0.29) is 5.82 Å². The molecule has 0 aliphatic heterocycles. The minimum atomic E-state index is -0.394. The minimum absolute atomic E-state index is 0.324. The maximum Gasteiger partial charge on any atom is 0.337 e. The summed E-state index contributed by atoms with van der Waals surface area (Å²) >= 11 is 0. The average molecular weight is 259 g/mol. The van der Waals surface area contributed by atoms with Gasteiger partial charge in [-0.3, -0.25) is 10.9 Å². The molecule has 0 saturated carbocycles. The van der Waals surface area contributed by atoms with E-state index in [9.17, 15) is 9.18 Å². The molecule has 2 aromatic rings. The van der Waals surface area contributed by atoms with Crippen LogP contribution in [0.3, 0.4) is 0 Å². The molecule has 0 aliphatic carbocycles. The fraction of sp³-hybridized carbons (Fsp3) is 0.0714. The Kier molecular flexibility index (Phi) is 3.97. The SMILES string of the molecule is Cc1cccc(NC(=O)NNc2ccc(F)cc2)c1. The van der Waals surface area contributed by atoms with E-state index < -0.39 is 6.03 Å². The van der Waals surface area contributed by atoms with E-state index in [1.807, 2.05) is 25.1 Å². The lowest BCUT2D eigenvalue weighted by Gasteiger charge is -2.10. The number of hydrogen-bond acceptors (Lipinski definition) is 2. The van der Waals surface area contributed by atoms with Crippen LogP contribution in [0.15, 0.2) is 48.5 Å². The smallest absolute Gasteiger partial charge is 0.307 e. The first-order valence-electron chi connectivity index (χ1n) is 5.79. The molecule has 0 spiro atoms. The van der Waals surface area contributed by atoms with Gasteiger partial charge < -0.3 is 5.32 Å². The van der Waals surface area contributed by atoms with Crippen molar-refractivity contribution >= 4 is 17.4 Å². The number of rotatable bonds is 3. The standard InChI is InChI=1S/C14H14FN3O/c1-10-3-2-4-13(9-10)16-14(19)18-17-12-7-5-11(15)6-8-12/h2-9,17H,1H3,(H2,16,18,19). The molecule has 0 saturated heterocycles. The molecule has 0 heterocycles. The van der Waals surface area contributed by atoms with E-state index >= 15 is 0 Å². The summed E-state index contributed by atoms with van der Waals surface area (Å²) in [6.07, 6.45) is 0. The van der Waals surface area contributed by atoms with Crippen molar-refractivity contribution in [3.8, 4) is 0 Å². The topological polar surface area (TPSA) is 53.2 Å². The van der Waals surface area contributed by atoms with E-state index in [1.165, 1.54) is 24.3 Å². The summed E-state index contributed by atoms with van der Waals surface area (Å²) < 4.78 is 12.7. The van der Waals surface area contributed by atoms with E-state index in [1.54, 1.807) is 6.07 Å². The van der Waals surface area contributed by atoms with Crippen LogP contribution in [0.5, 0.6) is 0 Å². The number of aryl methyl sites for hydroxylation is 1. The van der Waals surface area contributed by atoms with Crippen LogP contribution in [0.1, 0.15) is 5.56 Å². The number of benzene rings is 2. The number of anilines is 2. The zero-order valence-corrected chi connectivity index (χ0v) is 10.4. The largest absolute Gasteiger partial charge is 0.337 e. The van der Waals surface area contributed by atoms with Gasteiger partial charge in [-0.1, -0.05) is 12.1 Å². The molecular formula is C14H14FN3O. The van der Waals surface area contributed by atoms with Gasteiger partial charge in [0, 0.05) is 5.69 Å². The maximum atomic E-state index is 12.7. The summed E-state index contributed by atoms with van der Waals surface area (Å²) in [7, 11) is 0. The molecule has 0 aromatic heterocycles. The molecule has 98 valence electrons. The number of carbonyl (C=O) groups is 1. The summed E-state index contributed by atoms with van der Waals surface area (Å²) in [6.45, 7) is 1.94. The van der Waals surface area contributed by atoms with Gasteiger partial charge in [-0.2, -0.15) is 0 Å². The second-order valence-corrected chi connectivity index (χ2v) is 4.08. The Balaban J connectivity index is 1.86. The molecule has 0 unspecified atom stereocenters. The number of hydrazine groups is 1. The number of hydrogen-bond donors (Lipinski definition) is 3. The van der Waals surface area contributed by atoms with E-state index in [0.717, 1.165) is 5.56 Å². The first-order valence-corrected chi connectivity index (χ1v) is 5.79. The van der Waals surface area contributed by atoms with Crippen molar-refractivity contribution in [2.75, 3.05) is 10.7 Å². The molecule has 0 fully saturated rings. The zero-order valence-electron chi connectivity index (χ0n) is 10.4. The highest BCUT2D eigenvalue weighted by Gasteiger charge is 2.01. The van der Waals surface area contributed by atoms with Gasteiger partial charge in [0.05, 0.1) is 5.69 Å². The van der Waals surface area contributed by atoms with Crippen LogP contribution in [0, 0.1) is 12.7 Å². The average Bonchev–Trinajstić information content (AvgIpc) is 2.38. The Labute approximate surface area is 110 Å². The lowest BCUT2D eigenvalue weighted by atomic mass is 10.2. The Morgan fingerprint density at radius 3 is 2.47 bits per heavy atom. The molecule has 4 nitrogen and oxygen atoms in total. The Morgan fingerprint density at radius 1 is 1.05 bits per heavy atom. The summed E-state index contributed by atoms with van der Waals surface area (Å²) in [5.41, 5.74) is 7.51. The fourth-order valence-corrected chi connectivity index (χ4v) is 1.55. The van der Waals surface area contributed by atoms with Gasteiger partial charge in [-0.25, -0.2) is 9.18 Å². The van der Waals surface area contributed by atoms with Crippen molar-refractivity contribution in [2.45, 2.75) is 6.92 Å². The predicted octanol–water partition coefficient (Wildman–Crippen LogP) is 3.28. The van der Waals surface area contributed by atoms with Crippen molar-refractivity contribution in [1.29, 1.82) is 0 Å². The third-order valence-corrected chi connectivity index (χ3v) is 2.44. The molecule has 3 N–H and O–H groups in total. The zero-order chi connectivity index (χ0) is 13.7. The van der Waals surface area contributed by atoms with Crippen molar-refractivity contribution in [3.05, 3.63) is 59.9 Å².